The van der Waals surface area contributed by atoms with Crippen LogP contribution in [0.1, 0.15) is 12.7 Å². The molecule has 0 unspecified atom stereocenters. The van der Waals surface area contributed by atoms with Gasteiger partial charge in [-0.25, -0.2) is 9.78 Å². The van der Waals surface area contributed by atoms with E-state index in [1.54, 1.807) is 25.5 Å². The number of carbonyl (C=O) groups is 1. The smallest absolute Gasteiger partial charge is 0.319 e. The van der Waals surface area contributed by atoms with Crippen LogP contribution in [-0.4, -0.2) is 24.2 Å². The van der Waals surface area contributed by atoms with Gasteiger partial charge in [-0.05, 0) is 25.1 Å². The first kappa shape index (κ1) is 13.9. The molecule has 0 bridgehead atoms. The second kappa shape index (κ2) is 6.60. The summed E-state index contributed by atoms with van der Waals surface area (Å²) in [5.74, 6) is 1.34. The van der Waals surface area contributed by atoms with Gasteiger partial charge in [-0.15, -0.1) is 0 Å². The summed E-state index contributed by atoms with van der Waals surface area (Å²) in [6.45, 7) is 1.91. The quantitative estimate of drug-likeness (QED) is 0.878. The van der Waals surface area contributed by atoms with Crippen molar-refractivity contribution in [3.63, 3.8) is 0 Å². The summed E-state index contributed by atoms with van der Waals surface area (Å²) < 4.78 is 10.2. The van der Waals surface area contributed by atoms with Crippen LogP contribution in [0.15, 0.2) is 41.1 Å². The van der Waals surface area contributed by atoms with Crippen molar-refractivity contribution in [2.24, 2.45) is 0 Å². The first-order chi connectivity index (χ1) is 9.67. The number of hydrogen-bond donors (Lipinski definition) is 2. The van der Waals surface area contributed by atoms with E-state index in [9.17, 15) is 4.79 Å². The zero-order chi connectivity index (χ0) is 14.4. The van der Waals surface area contributed by atoms with E-state index < -0.39 is 0 Å². The molecule has 0 aliphatic carbocycles. The number of hydrogen-bond acceptors (Lipinski definition) is 4. The highest BCUT2D eigenvalue weighted by molar-refractivity contribution is 5.89. The monoisotopic (exact) mass is 275 g/mol. The third kappa shape index (κ3) is 4.01. The highest BCUT2D eigenvalue weighted by atomic mass is 16.5. The van der Waals surface area contributed by atoms with Gasteiger partial charge in [0.15, 0.2) is 0 Å². The molecule has 2 amide bonds. The molecule has 6 nitrogen and oxygen atoms in total. The minimum Gasteiger partial charge on any atom is -0.481 e. The Kier molecular flexibility index (Phi) is 4.60. The third-order valence-electron chi connectivity index (χ3n) is 2.67. The molecule has 2 aromatic rings. The van der Waals surface area contributed by atoms with Crippen molar-refractivity contribution in [3.8, 4) is 5.88 Å². The summed E-state index contributed by atoms with van der Waals surface area (Å²) >= 11 is 0. The Balaban J connectivity index is 1.82. The molecule has 2 N–H and O–H groups in total. The first-order valence-electron chi connectivity index (χ1n) is 6.27. The fraction of sp³-hybridized carbons (Fsp3) is 0.286. The number of methoxy groups -OCH3 is 1. The average Bonchev–Trinajstić information content (AvgIpc) is 2.92. The molecule has 0 aromatic carbocycles. The second-order valence-corrected chi connectivity index (χ2v) is 4.37. The van der Waals surface area contributed by atoms with E-state index in [1.165, 1.54) is 6.20 Å². The van der Waals surface area contributed by atoms with Crippen molar-refractivity contribution >= 4 is 11.7 Å². The van der Waals surface area contributed by atoms with Gasteiger partial charge in [-0.1, -0.05) is 0 Å². The Bertz CT molecular complexity index is 537. The fourth-order valence-corrected chi connectivity index (χ4v) is 1.75. The van der Waals surface area contributed by atoms with E-state index in [-0.39, 0.29) is 12.1 Å². The molecule has 2 heterocycles. The number of nitrogens with zero attached hydrogens (tertiary/aromatic N) is 1. The van der Waals surface area contributed by atoms with Crippen LogP contribution in [0, 0.1) is 0 Å². The van der Waals surface area contributed by atoms with Crippen LogP contribution in [0.25, 0.3) is 0 Å². The summed E-state index contributed by atoms with van der Waals surface area (Å²) in [6, 6.07) is 6.79. The molecule has 0 spiro atoms. The summed E-state index contributed by atoms with van der Waals surface area (Å²) in [5.41, 5.74) is 0.605. The maximum absolute atomic E-state index is 11.8. The Morgan fingerprint density at radius 2 is 2.30 bits per heavy atom. The van der Waals surface area contributed by atoms with Gasteiger partial charge in [0, 0.05) is 18.5 Å². The molecule has 0 aliphatic heterocycles. The lowest BCUT2D eigenvalue weighted by Gasteiger charge is -2.13. The number of urea groups is 1. The zero-order valence-corrected chi connectivity index (χ0v) is 11.4. The SMILES string of the molecule is COc1ccc(NC(=O)N[C@H](C)Cc2ccco2)cn1. The van der Waals surface area contributed by atoms with E-state index in [1.807, 2.05) is 19.1 Å². The van der Waals surface area contributed by atoms with Crippen LogP contribution in [0.3, 0.4) is 0 Å². The van der Waals surface area contributed by atoms with Crippen molar-refractivity contribution in [2.45, 2.75) is 19.4 Å². The van der Waals surface area contributed by atoms with Crippen molar-refractivity contribution in [2.75, 3.05) is 12.4 Å². The molecule has 0 aliphatic rings. The van der Waals surface area contributed by atoms with E-state index in [4.69, 9.17) is 9.15 Å². The van der Waals surface area contributed by atoms with E-state index in [0.29, 0.717) is 18.0 Å². The average molecular weight is 275 g/mol. The lowest BCUT2D eigenvalue weighted by molar-refractivity contribution is 0.248. The fourth-order valence-electron chi connectivity index (χ4n) is 1.75. The van der Waals surface area contributed by atoms with Crippen LogP contribution < -0.4 is 15.4 Å². The second-order valence-electron chi connectivity index (χ2n) is 4.37. The van der Waals surface area contributed by atoms with Gasteiger partial charge in [0.25, 0.3) is 0 Å². The molecule has 0 saturated heterocycles. The van der Waals surface area contributed by atoms with Gasteiger partial charge in [-0.3, -0.25) is 0 Å². The molecule has 2 rings (SSSR count). The number of rotatable bonds is 5. The van der Waals surface area contributed by atoms with Crippen LogP contribution in [0.4, 0.5) is 10.5 Å². The van der Waals surface area contributed by atoms with Crippen molar-refractivity contribution in [1.82, 2.24) is 10.3 Å². The molecule has 20 heavy (non-hydrogen) atoms. The molecule has 2 aromatic heterocycles. The van der Waals surface area contributed by atoms with E-state index in [0.717, 1.165) is 5.76 Å². The highest BCUT2D eigenvalue weighted by Crippen LogP contribution is 2.11. The number of nitrogens with one attached hydrogen (secondary N) is 2. The summed E-state index contributed by atoms with van der Waals surface area (Å²) in [6.07, 6.45) is 3.79. The third-order valence-corrected chi connectivity index (χ3v) is 2.67. The van der Waals surface area contributed by atoms with Crippen molar-refractivity contribution in [1.29, 1.82) is 0 Å². The van der Waals surface area contributed by atoms with Crippen LogP contribution in [-0.2, 0) is 6.42 Å². The summed E-state index contributed by atoms with van der Waals surface area (Å²) in [4.78, 5) is 15.8. The number of carbonyl (C=O) groups excluding carboxylic acids is 1. The van der Waals surface area contributed by atoms with Gasteiger partial charge >= 0.3 is 6.03 Å². The summed E-state index contributed by atoms with van der Waals surface area (Å²) in [5, 5.41) is 5.53. The lowest BCUT2D eigenvalue weighted by atomic mass is 10.2. The predicted molar refractivity (Wildman–Crippen MR) is 74.8 cm³/mol. The standard InChI is InChI=1S/C14H17N3O3/c1-10(8-12-4-3-7-20-12)16-14(18)17-11-5-6-13(19-2)15-9-11/h3-7,9-10H,8H2,1-2H3,(H2,16,17,18)/t10-/m1/s1. The van der Waals surface area contributed by atoms with Crippen LogP contribution >= 0.6 is 0 Å². The Hall–Kier alpha value is -2.50. The minimum absolute atomic E-state index is 0.0349. The van der Waals surface area contributed by atoms with Gasteiger partial charge < -0.3 is 19.8 Å². The molecular weight excluding hydrogens is 258 g/mol. The van der Waals surface area contributed by atoms with Gasteiger partial charge in [0.05, 0.1) is 25.3 Å². The predicted octanol–water partition coefficient (Wildman–Crippen LogP) is 2.44. The van der Waals surface area contributed by atoms with Crippen LogP contribution in [0.2, 0.25) is 0 Å². The van der Waals surface area contributed by atoms with Crippen molar-refractivity contribution < 1.29 is 13.9 Å². The Labute approximate surface area is 117 Å². The topological polar surface area (TPSA) is 76.4 Å². The Morgan fingerprint density at radius 3 is 2.90 bits per heavy atom. The molecule has 0 radical (unpaired) electrons. The minimum atomic E-state index is -0.281. The van der Waals surface area contributed by atoms with Gasteiger partial charge in [0.1, 0.15) is 5.76 Å². The van der Waals surface area contributed by atoms with E-state index >= 15 is 0 Å². The lowest BCUT2D eigenvalue weighted by Crippen LogP contribution is -2.37. The number of furan rings is 1. The molecule has 1 atom stereocenters. The largest absolute Gasteiger partial charge is 0.481 e. The normalized spacial score (nSPS) is 11.7. The van der Waals surface area contributed by atoms with Gasteiger partial charge in [0.2, 0.25) is 5.88 Å². The maximum atomic E-state index is 11.8. The number of amides is 2. The maximum Gasteiger partial charge on any atom is 0.319 e. The molecular formula is C14H17N3O3. The van der Waals surface area contributed by atoms with E-state index in [2.05, 4.69) is 15.6 Å². The summed E-state index contributed by atoms with van der Waals surface area (Å²) in [7, 11) is 1.54. The Morgan fingerprint density at radius 1 is 1.45 bits per heavy atom. The molecule has 106 valence electrons. The number of pyridine rings is 1. The number of aromatic nitrogens is 1. The highest BCUT2D eigenvalue weighted by Gasteiger charge is 2.09. The van der Waals surface area contributed by atoms with Crippen LogP contribution in [0.5, 0.6) is 5.88 Å². The molecule has 0 fully saturated rings. The molecule has 6 heteroatoms. The molecule has 0 saturated carbocycles. The van der Waals surface area contributed by atoms with Gasteiger partial charge in [-0.2, -0.15) is 0 Å². The number of ether oxygens (including phenoxy) is 1. The van der Waals surface area contributed by atoms with Crippen molar-refractivity contribution in [3.05, 3.63) is 42.5 Å². The first-order valence-corrected chi connectivity index (χ1v) is 6.27. The zero-order valence-electron chi connectivity index (χ0n) is 11.4. The number of anilines is 1.